The highest BCUT2D eigenvalue weighted by molar-refractivity contribution is 7.25. The van der Waals surface area contributed by atoms with E-state index in [0.717, 1.165) is 48.8 Å². The lowest BCUT2D eigenvalue weighted by Gasteiger charge is -2.30. The van der Waals surface area contributed by atoms with Crippen molar-refractivity contribution in [3.8, 4) is 31.7 Å². The number of carbonyl (C=O) groups excluding carboxylic acids is 1. The van der Waals surface area contributed by atoms with Crippen molar-refractivity contribution >= 4 is 40.3 Å². The van der Waals surface area contributed by atoms with Gasteiger partial charge in [-0.1, -0.05) is 42.0 Å². The van der Waals surface area contributed by atoms with Crippen LogP contribution in [0.3, 0.4) is 0 Å². The molecular weight excluding hydrogens is 486 g/mol. The third kappa shape index (κ3) is 2.88. The Morgan fingerprint density at radius 2 is 1.69 bits per heavy atom. The summed E-state index contributed by atoms with van der Waals surface area (Å²) in [7, 11) is 0. The molecule has 1 saturated carbocycles. The Morgan fingerprint density at radius 3 is 2.50 bits per heavy atom. The Hall–Kier alpha value is -3.35. The average molecular weight is 510 g/mol. The van der Waals surface area contributed by atoms with Gasteiger partial charge in [0.15, 0.2) is 17.8 Å². The summed E-state index contributed by atoms with van der Waals surface area (Å²) in [6.07, 6.45) is 5.85. The molecule has 3 atom stereocenters. The lowest BCUT2D eigenvalue weighted by Crippen LogP contribution is -2.30. The number of para-hydroxylation sites is 1. The van der Waals surface area contributed by atoms with Crippen molar-refractivity contribution in [1.82, 2.24) is 0 Å². The lowest BCUT2D eigenvalue weighted by atomic mass is 9.85. The number of aldehydes is 1. The maximum Gasteiger partial charge on any atom is 0.181 e. The minimum atomic E-state index is 0.454. The molecule has 0 amide bonds. The second-order valence-corrected chi connectivity index (χ2v) is 12.0. The van der Waals surface area contributed by atoms with Crippen LogP contribution >= 0.6 is 22.7 Å². The first-order valence-electron chi connectivity index (χ1n) is 12.5. The molecule has 4 aromatic rings. The van der Waals surface area contributed by atoms with Gasteiger partial charge in [-0.3, -0.25) is 4.79 Å². The third-order valence-corrected chi connectivity index (χ3v) is 10.4. The number of benzene rings is 2. The van der Waals surface area contributed by atoms with E-state index in [9.17, 15) is 4.79 Å². The number of rotatable bonds is 4. The van der Waals surface area contributed by atoms with Gasteiger partial charge in [0, 0.05) is 22.2 Å². The Morgan fingerprint density at radius 1 is 0.889 bits per heavy atom. The first-order valence-corrected chi connectivity index (χ1v) is 14.1. The number of ether oxygens (including phenoxy) is 2. The number of hydrogen-bond acceptors (Lipinski definition) is 6. The normalized spacial score (nSPS) is 22.9. The summed E-state index contributed by atoms with van der Waals surface area (Å²) in [5.74, 6) is 2.98. The van der Waals surface area contributed by atoms with Crippen molar-refractivity contribution < 1.29 is 14.3 Å². The van der Waals surface area contributed by atoms with E-state index < -0.39 is 0 Å². The predicted molar refractivity (Wildman–Crippen MR) is 145 cm³/mol. The zero-order valence-electron chi connectivity index (χ0n) is 19.5. The van der Waals surface area contributed by atoms with Gasteiger partial charge in [0.25, 0.3) is 0 Å². The van der Waals surface area contributed by atoms with Crippen LogP contribution in [0.5, 0.6) is 11.5 Å². The highest BCUT2D eigenvalue weighted by atomic mass is 32.1. The molecule has 2 bridgehead atoms. The zero-order chi connectivity index (χ0) is 23.8. The number of nitrogens with zero attached hydrogens (tertiary/aromatic N) is 1. The van der Waals surface area contributed by atoms with Crippen molar-refractivity contribution in [3.05, 3.63) is 82.8 Å². The van der Waals surface area contributed by atoms with Crippen molar-refractivity contribution in [1.29, 1.82) is 0 Å². The standard InChI is InChI=1S/C30H23NO3S2/c32-16-21-11-12-24(35-21)30-28-27(33-13-14-34-28)29(36-30)17-7-9-20(10-8-17)31-23-4-2-1-3-22(23)25-18-5-6-19(15-18)26(25)31/h1-4,6-12,16,18,25-26H,5,13-15H2. The van der Waals surface area contributed by atoms with Gasteiger partial charge in [-0.25, -0.2) is 0 Å². The van der Waals surface area contributed by atoms with Gasteiger partial charge in [0.1, 0.15) is 13.2 Å². The Kier molecular flexibility index (Phi) is 4.52. The number of anilines is 2. The zero-order valence-corrected chi connectivity index (χ0v) is 21.1. The summed E-state index contributed by atoms with van der Waals surface area (Å²) >= 11 is 3.17. The van der Waals surface area contributed by atoms with E-state index in [4.69, 9.17) is 9.47 Å². The van der Waals surface area contributed by atoms with Crippen LogP contribution in [0.15, 0.2) is 72.3 Å². The van der Waals surface area contributed by atoms with Crippen LogP contribution in [0.2, 0.25) is 0 Å². The number of allylic oxidation sites excluding steroid dienone is 1. The van der Waals surface area contributed by atoms with Crippen LogP contribution in [0.25, 0.3) is 20.2 Å². The smallest absolute Gasteiger partial charge is 0.181 e. The SMILES string of the molecule is O=Cc1ccc(-c2sc(-c3ccc(N4c5ccccc5C5C6CC=C(C6)C54)cc3)c3c2OCCO3)s1. The second-order valence-electron chi connectivity index (χ2n) is 9.86. The van der Waals surface area contributed by atoms with Crippen molar-refractivity contribution in [2.75, 3.05) is 18.1 Å². The first-order chi connectivity index (χ1) is 17.8. The quantitative estimate of drug-likeness (QED) is 0.209. The molecule has 1 fully saturated rings. The molecule has 178 valence electrons. The van der Waals surface area contributed by atoms with Crippen LogP contribution in [0, 0.1) is 5.92 Å². The average Bonchev–Trinajstić information content (AvgIpc) is 3.74. The summed E-state index contributed by atoms with van der Waals surface area (Å²) < 4.78 is 12.2. The third-order valence-electron chi connectivity index (χ3n) is 8.02. The van der Waals surface area contributed by atoms with E-state index in [0.29, 0.717) is 25.2 Å². The van der Waals surface area contributed by atoms with E-state index in [1.807, 2.05) is 12.1 Å². The maximum absolute atomic E-state index is 11.2. The molecule has 2 aliphatic heterocycles. The molecule has 0 radical (unpaired) electrons. The molecular formula is C30H23NO3S2. The molecule has 2 aromatic carbocycles. The first kappa shape index (κ1) is 20.8. The fourth-order valence-corrected chi connectivity index (χ4v) is 8.70. The van der Waals surface area contributed by atoms with E-state index in [-0.39, 0.29) is 0 Å². The summed E-state index contributed by atoms with van der Waals surface area (Å²) in [4.78, 5) is 17.7. The molecule has 4 nitrogen and oxygen atoms in total. The number of fused-ring (bicyclic) bond motifs is 8. The molecule has 4 aliphatic rings. The molecule has 0 N–H and O–H groups in total. The summed E-state index contributed by atoms with van der Waals surface area (Å²) in [6.45, 7) is 1.08. The van der Waals surface area contributed by atoms with Gasteiger partial charge >= 0.3 is 0 Å². The van der Waals surface area contributed by atoms with Crippen molar-refractivity contribution in [3.63, 3.8) is 0 Å². The minimum Gasteiger partial charge on any atom is -0.485 e. The molecule has 4 heterocycles. The Labute approximate surface area is 217 Å². The van der Waals surface area contributed by atoms with Crippen LogP contribution < -0.4 is 14.4 Å². The van der Waals surface area contributed by atoms with Gasteiger partial charge in [0.05, 0.1) is 20.7 Å². The molecule has 0 saturated heterocycles. The van der Waals surface area contributed by atoms with Gasteiger partial charge in [0.2, 0.25) is 0 Å². The highest BCUT2D eigenvalue weighted by Crippen LogP contribution is 2.60. The number of carbonyl (C=O) groups is 1. The van der Waals surface area contributed by atoms with E-state index >= 15 is 0 Å². The van der Waals surface area contributed by atoms with Gasteiger partial charge in [-0.2, -0.15) is 0 Å². The van der Waals surface area contributed by atoms with E-state index in [2.05, 4.69) is 59.5 Å². The molecule has 36 heavy (non-hydrogen) atoms. The summed E-state index contributed by atoms with van der Waals surface area (Å²) in [5, 5.41) is 0. The second kappa shape index (κ2) is 7.82. The van der Waals surface area contributed by atoms with Crippen LogP contribution in [-0.2, 0) is 0 Å². The summed E-state index contributed by atoms with van der Waals surface area (Å²) in [5.41, 5.74) is 6.84. The molecule has 6 heteroatoms. The fourth-order valence-electron chi connectivity index (χ4n) is 6.58. The molecule has 3 unspecified atom stereocenters. The van der Waals surface area contributed by atoms with Crippen LogP contribution in [0.4, 0.5) is 11.4 Å². The van der Waals surface area contributed by atoms with Crippen molar-refractivity contribution in [2.45, 2.75) is 24.8 Å². The topological polar surface area (TPSA) is 38.8 Å². The molecule has 2 aromatic heterocycles. The largest absolute Gasteiger partial charge is 0.485 e. The summed E-state index contributed by atoms with van der Waals surface area (Å²) in [6, 6.07) is 22.2. The number of hydrogen-bond donors (Lipinski definition) is 0. The minimum absolute atomic E-state index is 0.454. The van der Waals surface area contributed by atoms with Gasteiger partial charge in [-0.05, 0) is 60.2 Å². The van der Waals surface area contributed by atoms with Gasteiger partial charge < -0.3 is 14.4 Å². The molecule has 8 rings (SSSR count). The van der Waals surface area contributed by atoms with E-state index in [1.165, 1.54) is 41.1 Å². The maximum atomic E-state index is 11.2. The van der Waals surface area contributed by atoms with Crippen molar-refractivity contribution in [2.24, 2.45) is 5.92 Å². The monoisotopic (exact) mass is 509 g/mol. The Bertz CT molecular complexity index is 1550. The van der Waals surface area contributed by atoms with E-state index in [1.54, 1.807) is 16.9 Å². The molecule has 2 aliphatic carbocycles. The highest BCUT2D eigenvalue weighted by Gasteiger charge is 2.51. The fraction of sp³-hybridized carbons (Fsp3) is 0.233. The van der Waals surface area contributed by atoms with Crippen LogP contribution in [0.1, 0.15) is 34.0 Å². The van der Waals surface area contributed by atoms with Gasteiger partial charge in [-0.15, -0.1) is 22.7 Å². The lowest BCUT2D eigenvalue weighted by molar-refractivity contribution is 0.112. The number of thiophene rings is 2. The predicted octanol–water partition coefficient (Wildman–Crippen LogP) is 7.68. The Balaban J connectivity index is 1.19. The molecule has 0 spiro atoms. The van der Waals surface area contributed by atoms with Crippen LogP contribution in [-0.4, -0.2) is 25.5 Å².